The molecule has 0 aromatic carbocycles. The van der Waals surface area contributed by atoms with Gasteiger partial charge in [-0.15, -0.1) is 0 Å². The summed E-state index contributed by atoms with van der Waals surface area (Å²) in [6, 6.07) is -0.550. The van der Waals surface area contributed by atoms with Gasteiger partial charge in [0.05, 0.1) is 4.36 Å². The first kappa shape index (κ1) is 8.96. The number of rotatable bonds is 2. The van der Waals surface area contributed by atoms with E-state index in [-0.39, 0.29) is 5.75 Å². The Hall–Kier alpha value is -1.04. The second-order valence-corrected chi connectivity index (χ2v) is 2.02. The number of amides is 2. The van der Waals surface area contributed by atoms with Crippen LogP contribution >= 0.6 is 0 Å². The lowest BCUT2D eigenvalue weighted by Gasteiger charge is -1.82. The third-order valence-corrected chi connectivity index (χ3v) is 1.20. The molecular formula is C4H6N2O3S. The molecule has 0 saturated carbocycles. The quantitative estimate of drug-likeness (QED) is 0.493. The van der Waals surface area contributed by atoms with Crippen molar-refractivity contribution < 1.29 is 14.7 Å². The number of carbonyl (C=O) groups is 2. The van der Waals surface area contributed by atoms with Crippen molar-refractivity contribution in [3.05, 3.63) is 0 Å². The molecule has 0 bridgehead atoms. The Morgan fingerprint density at radius 1 is 1.70 bits per heavy atom. The third kappa shape index (κ3) is 5.10. The fourth-order valence-corrected chi connectivity index (χ4v) is 0.568. The predicted octanol–water partition coefficient (Wildman–Crippen LogP) is -1.66. The summed E-state index contributed by atoms with van der Waals surface area (Å²) in [5.74, 6) is -1.54. The summed E-state index contributed by atoms with van der Waals surface area (Å²) in [6.45, 7) is 0. The average Bonchev–Trinajstić information content (AvgIpc) is 1.87. The highest BCUT2D eigenvalue weighted by Gasteiger charge is 2.01. The highest BCUT2D eigenvalue weighted by atomic mass is 32.1. The summed E-state index contributed by atoms with van der Waals surface area (Å²) in [5, 5.41) is 11.9. The fourth-order valence-electron chi connectivity index (χ4n) is 0.189. The smallest absolute Gasteiger partial charge is 0.394 e. The number of nitrogens with one attached hydrogen (secondary N) is 1. The third-order valence-electron chi connectivity index (χ3n) is 0.544. The molecule has 0 aliphatic rings. The van der Waals surface area contributed by atoms with Gasteiger partial charge in [-0.05, 0) is 0 Å². The normalized spacial score (nSPS) is 9.70. The lowest BCUT2D eigenvalue weighted by molar-refractivity contribution is -0.301. The van der Waals surface area contributed by atoms with E-state index in [1.54, 1.807) is 0 Å². The minimum absolute atomic E-state index is 0.298. The fraction of sp³-hybridized carbons (Fsp3) is 0.500. The molecule has 56 valence electrons. The maximum Gasteiger partial charge on any atom is 0.394 e. The SMILES string of the molecule is CNC(=O)N=[S+]CC(=O)[O-]. The van der Waals surface area contributed by atoms with Crippen LogP contribution in [0.2, 0.25) is 0 Å². The predicted molar refractivity (Wildman–Crippen MR) is 34.1 cm³/mol. The van der Waals surface area contributed by atoms with Gasteiger partial charge in [0.2, 0.25) is 5.75 Å². The Morgan fingerprint density at radius 2 is 2.30 bits per heavy atom. The molecule has 0 aliphatic carbocycles. The second-order valence-electron chi connectivity index (χ2n) is 1.29. The van der Waals surface area contributed by atoms with Crippen LogP contribution in [0.3, 0.4) is 0 Å². The van der Waals surface area contributed by atoms with Crippen LogP contribution in [0.5, 0.6) is 0 Å². The molecule has 0 heterocycles. The largest absolute Gasteiger partial charge is 0.544 e. The van der Waals surface area contributed by atoms with Crippen LogP contribution in [0.25, 0.3) is 0 Å². The Balaban J connectivity index is 3.56. The van der Waals surface area contributed by atoms with E-state index in [0.29, 0.717) is 11.6 Å². The van der Waals surface area contributed by atoms with Gasteiger partial charge in [0.15, 0.2) is 0 Å². The van der Waals surface area contributed by atoms with E-state index in [1.807, 2.05) is 0 Å². The van der Waals surface area contributed by atoms with Crippen LogP contribution in [-0.4, -0.2) is 24.8 Å². The molecule has 0 fully saturated rings. The molecule has 0 spiro atoms. The van der Waals surface area contributed by atoms with Gasteiger partial charge in [-0.2, -0.15) is 0 Å². The molecule has 0 aromatic heterocycles. The first-order chi connectivity index (χ1) is 4.66. The van der Waals surface area contributed by atoms with Crippen LogP contribution in [0.15, 0.2) is 4.36 Å². The average molecular weight is 162 g/mol. The molecular weight excluding hydrogens is 156 g/mol. The molecule has 0 unspecified atom stereocenters. The highest BCUT2D eigenvalue weighted by Crippen LogP contribution is 1.71. The minimum atomic E-state index is -1.24. The van der Waals surface area contributed by atoms with Crippen molar-refractivity contribution in [2.24, 2.45) is 4.36 Å². The van der Waals surface area contributed by atoms with E-state index in [1.165, 1.54) is 7.05 Å². The van der Waals surface area contributed by atoms with Crippen LogP contribution in [0.4, 0.5) is 4.79 Å². The van der Waals surface area contributed by atoms with Crippen LogP contribution in [0.1, 0.15) is 0 Å². The van der Waals surface area contributed by atoms with Gasteiger partial charge in [-0.1, -0.05) is 0 Å². The van der Waals surface area contributed by atoms with Crippen molar-refractivity contribution in [1.29, 1.82) is 0 Å². The standard InChI is InChI=1S/C4H6N2O3S/c1-5-4(9)6-10-2-3(7)8/h2H2,1H3,(H-,5,7,8,9). The van der Waals surface area contributed by atoms with Crippen molar-refractivity contribution in [1.82, 2.24) is 5.32 Å². The molecule has 1 N–H and O–H groups in total. The zero-order chi connectivity index (χ0) is 7.98. The molecule has 0 rings (SSSR count). The first-order valence-electron chi connectivity index (χ1n) is 2.41. The zero-order valence-electron chi connectivity index (χ0n) is 5.29. The first-order valence-corrected chi connectivity index (χ1v) is 3.35. The van der Waals surface area contributed by atoms with Crippen molar-refractivity contribution in [3.8, 4) is 0 Å². The van der Waals surface area contributed by atoms with Gasteiger partial charge in [0.25, 0.3) is 0 Å². The Kier molecular flexibility index (Phi) is 4.30. The lowest BCUT2D eigenvalue weighted by atomic mass is 10.8. The number of hydrogen-bond acceptors (Lipinski definition) is 3. The number of aliphatic carboxylic acids is 1. The molecule has 0 saturated heterocycles. The number of nitrogens with zero attached hydrogens (tertiary/aromatic N) is 1. The van der Waals surface area contributed by atoms with Crippen molar-refractivity contribution in [3.63, 3.8) is 0 Å². The van der Waals surface area contributed by atoms with Crippen LogP contribution in [0, 0.1) is 0 Å². The van der Waals surface area contributed by atoms with Gasteiger partial charge < -0.3 is 15.2 Å². The van der Waals surface area contributed by atoms with Gasteiger partial charge >= 0.3 is 17.6 Å². The van der Waals surface area contributed by atoms with E-state index in [0.717, 1.165) is 0 Å². The highest BCUT2D eigenvalue weighted by molar-refractivity contribution is 7.69. The number of carbonyl (C=O) groups excluding carboxylic acids is 2. The van der Waals surface area contributed by atoms with E-state index in [9.17, 15) is 14.7 Å². The van der Waals surface area contributed by atoms with E-state index < -0.39 is 12.0 Å². The monoisotopic (exact) mass is 162 g/mol. The van der Waals surface area contributed by atoms with Gasteiger partial charge in [0.1, 0.15) is 5.97 Å². The van der Waals surface area contributed by atoms with Gasteiger partial charge in [-0.25, -0.2) is 4.79 Å². The molecule has 0 aliphatic heterocycles. The maximum absolute atomic E-state index is 10.3. The van der Waals surface area contributed by atoms with Crippen LogP contribution in [-0.2, 0) is 16.4 Å². The Bertz CT molecular complexity index is 168. The summed E-state index contributed by atoms with van der Waals surface area (Å²) < 4.78 is 3.23. The van der Waals surface area contributed by atoms with Crippen molar-refractivity contribution in [2.75, 3.05) is 12.8 Å². The molecule has 2 amide bonds. The topological polar surface area (TPSA) is 81.6 Å². The molecule has 0 radical (unpaired) electrons. The number of carboxylic acids is 1. The summed E-state index contributed by atoms with van der Waals surface area (Å²) in [7, 11) is 1.41. The second kappa shape index (κ2) is 4.80. The van der Waals surface area contributed by atoms with E-state index in [2.05, 4.69) is 9.68 Å². The Morgan fingerprint density at radius 3 is 2.70 bits per heavy atom. The maximum atomic E-state index is 10.3. The summed E-state index contributed by atoms with van der Waals surface area (Å²) >= 11 is 0.645. The molecule has 0 aromatic rings. The van der Waals surface area contributed by atoms with Crippen LogP contribution < -0.4 is 10.4 Å². The number of carboxylic acid groups (broad SMARTS) is 1. The summed E-state index contributed by atoms with van der Waals surface area (Å²) in [5.41, 5.74) is 0. The Labute approximate surface area is 61.6 Å². The zero-order valence-corrected chi connectivity index (χ0v) is 6.10. The van der Waals surface area contributed by atoms with Crippen molar-refractivity contribution in [2.45, 2.75) is 0 Å². The van der Waals surface area contributed by atoms with Gasteiger partial charge in [-0.3, -0.25) is 0 Å². The molecule has 6 heteroatoms. The summed E-state index contributed by atoms with van der Waals surface area (Å²) in [4.78, 5) is 20.0. The van der Waals surface area contributed by atoms with E-state index in [4.69, 9.17) is 0 Å². The molecule has 0 atom stereocenters. The lowest BCUT2D eigenvalue weighted by Crippen LogP contribution is -2.25. The number of urea groups is 1. The van der Waals surface area contributed by atoms with Crippen molar-refractivity contribution >= 4 is 23.6 Å². The minimum Gasteiger partial charge on any atom is -0.544 e. The summed E-state index contributed by atoms with van der Waals surface area (Å²) in [6.07, 6.45) is 0. The molecule has 10 heavy (non-hydrogen) atoms. The molecule has 5 nitrogen and oxygen atoms in total. The van der Waals surface area contributed by atoms with E-state index >= 15 is 0 Å². The van der Waals surface area contributed by atoms with Gasteiger partial charge in [0, 0.05) is 7.05 Å². The number of hydrogen-bond donors (Lipinski definition) is 1.